The number of benzene rings is 1. The van der Waals surface area contributed by atoms with Gasteiger partial charge in [-0.25, -0.2) is 8.78 Å². The van der Waals surface area contributed by atoms with Gasteiger partial charge in [-0.2, -0.15) is 10.2 Å². The third kappa shape index (κ3) is 3.41. The summed E-state index contributed by atoms with van der Waals surface area (Å²) < 4.78 is 27.7. The summed E-state index contributed by atoms with van der Waals surface area (Å²) in [6.07, 6.45) is 0.487. The molecule has 4 nitrogen and oxygen atoms in total. The highest BCUT2D eigenvalue weighted by molar-refractivity contribution is 9.10. The van der Waals surface area contributed by atoms with Crippen LogP contribution in [-0.4, -0.2) is 16.1 Å². The van der Waals surface area contributed by atoms with E-state index in [-0.39, 0.29) is 10.0 Å². The summed E-state index contributed by atoms with van der Waals surface area (Å²) in [6, 6.07) is 3.70. The van der Waals surface area contributed by atoms with Crippen LogP contribution >= 0.6 is 15.9 Å². The Morgan fingerprint density at radius 1 is 1.24 bits per heavy atom. The predicted octanol–water partition coefficient (Wildman–Crippen LogP) is 3.64. The highest BCUT2D eigenvalue weighted by Crippen LogP contribution is 2.24. The summed E-state index contributed by atoms with van der Waals surface area (Å²) in [6.45, 7) is 3.50. The number of aromatic nitrogens is 2. The fraction of sp³-hybridized carbons (Fsp3) is 0.214. The van der Waals surface area contributed by atoms with E-state index in [4.69, 9.17) is 0 Å². The molecular weight excluding hydrogens is 344 g/mol. The molecule has 1 N–H and O–H groups in total. The van der Waals surface area contributed by atoms with Crippen LogP contribution in [0.5, 0.6) is 0 Å². The summed E-state index contributed by atoms with van der Waals surface area (Å²) in [4.78, 5) is 12.2. The molecule has 0 saturated heterocycles. The quantitative estimate of drug-likeness (QED) is 0.914. The number of carbonyl (C=O) groups excluding carboxylic acids is 1. The van der Waals surface area contributed by atoms with Crippen molar-refractivity contribution in [3.63, 3.8) is 0 Å². The fourth-order valence-corrected chi connectivity index (χ4v) is 2.22. The third-order valence-electron chi connectivity index (χ3n) is 2.82. The van der Waals surface area contributed by atoms with Crippen LogP contribution in [0.25, 0.3) is 0 Å². The second kappa shape index (κ2) is 6.26. The first kappa shape index (κ1) is 15.5. The Labute approximate surface area is 128 Å². The first-order valence-electron chi connectivity index (χ1n) is 6.21. The molecule has 2 rings (SSSR count). The lowest BCUT2D eigenvalue weighted by Crippen LogP contribution is -2.18. The molecule has 0 unspecified atom stereocenters. The van der Waals surface area contributed by atoms with Crippen molar-refractivity contribution in [2.24, 2.45) is 0 Å². The zero-order valence-corrected chi connectivity index (χ0v) is 13.0. The Hall–Kier alpha value is -1.89. The average Bonchev–Trinajstić information content (AvgIpc) is 2.42. The molecule has 0 radical (unpaired) electrons. The first-order chi connectivity index (χ1) is 9.92. The Kier molecular flexibility index (Phi) is 4.62. The largest absolute Gasteiger partial charge is 0.317 e. The summed E-state index contributed by atoms with van der Waals surface area (Å²) in [5.41, 5.74) is 0.788. The molecular formula is C14H12BrF2N3O. The van der Waals surface area contributed by atoms with E-state index in [9.17, 15) is 13.6 Å². The molecule has 0 fully saturated rings. The van der Waals surface area contributed by atoms with E-state index in [0.717, 1.165) is 12.1 Å². The molecule has 2 aromatic rings. The van der Waals surface area contributed by atoms with Crippen molar-refractivity contribution in [2.75, 3.05) is 5.32 Å². The highest BCUT2D eigenvalue weighted by Gasteiger charge is 2.18. The molecule has 0 spiro atoms. The number of halogens is 3. The minimum absolute atomic E-state index is 0.256. The van der Waals surface area contributed by atoms with E-state index >= 15 is 0 Å². The van der Waals surface area contributed by atoms with Crippen molar-refractivity contribution in [1.29, 1.82) is 0 Å². The number of aryl methyl sites for hydroxylation is 2. The van der Waals surface area contributed by atoms with E-state index in [1.54, 1.807) is 6.92 Å². The molecule has 110 valence electrons. The van der Waals surface area contributed by atoms with Gasteiger partial charge in [0, 0.05) is 4.47 Å². The zero-order chi connectivity index (χ0) is 15.6. The monoisotopic (exact) mass is 355 g/mol. The van der Waals surface area contributed by atoms with Gasteiger partial charge in [0.1, 0.15) is 5.69 Å². The summed E-state index contributed by atoms with van der Waals surface area (Å²) >= 11 is 2.98. The number of anilines is 1. The molecule has 0 saturated carbocycles. The first-order valence-corrected chi connectivity index (χ1v) is 7.00. The normalized spacial score (nSPS) is 10.5. The number of nitrogens with one attached hydrogen (secondary N) is 1. The fourth-order valence-electron chi connectivity index (χ4n) is 1.81. The lowest BCUT2D eigenvalue weighted by molar-refractivity contribution is 0.102. The van der Waals surface area contributed by atoms with E-state index in [2.05, 4.69) is 31.4 Å². The Bertz CT molecular complexity index is 684. The third-order valence-corrected chi connectivity index (χ3v) is 3.28. The van der Waals surface area contributed by atoms with Gasteiger partial charge >= 0.3 is 0 Å². The van der Waals surface area contributed by atoms with Crippen LogP contribution < -0.4 is 5.32 Å². The smallest absolute Gasteiger partial charge is 0.257 e. The molecule has 7 heteroatoms. The SMILES string of the molecule is CCc1nnc(C)cc1C(=O)Nc1c(F)cc(Br)cc1F. The summed E-state index contributed by atoms with van der Waals surface area (Å²) in [5, 5.41) is 10.0. The molecule has 0 aliphatic carbocycles. The van der Waals surface area contributed by atoms with E-state index in [1.807, 2.05) is 6.92 Å². The second-order valence-electron chi connectivity index (χ2n) is 4.40. The maximum absolute atomic E-state index is 13.7. The van der Waals surface area contributed by atoms with Gasteiger partial charge in [-0.05, 0) is 31.5 Å². The molecule has 21 heavy (non-hydrogen) atoms. The van der Waals surface area contributed by atoms with Crippen LogP contribution in [-0.2, 0) is 6.42 Å². The van der Waals surface area contributed by atoms with E-state index in [0.29, 0.717) is 17.8 Å². The average molecular weight is 356 g/mol. The maximum Gasteiger partial charge on any atom is 0.257 e. The van der Waals surface area contributed by atoms with Crippen molar-refractivity contribution >= 4 is 27.5 Å². The van der Waals surface area contributed by atoms with Crippen LogP contribution in [0.2, 0.25) is 0 Å². The summed E-state index contributed by atoms with van der Waals surface area (Å²) in [7, 11) is 0. The van der Waals surface area contributed by atoms with Gasteiger partial charge in [-0.15, -0.1) is 0 Å². The van der Waals surface area contributed by atoms with Crippen molar-refractivity contribution in [3.8, 4) is 0 Å². The molecule has 1 amide bonds. The van der Waals surface area contributed by atoms with Gasteiger partial charge in [0.05, 0.1) is 17.0 Å². The molecule has 0 atom stereocenters. The number of amides is 1. The van der Waals surface area contributed by atoms with E-state index < -0.39 is 23.2 Å². The molecule has 1 aromatic heterocycles. The molecule has 0 bridgehead atoms. The lowest BCUT2D eigenvalue weighted by atomic mass is 10.1. The zero-order valence-electron chi connectivity index (χ0n) is 11.4. The van der Waals surface area contributed by atoms with Crippen LogP contribution in [0.4, 0.5) is 14.5 Å². The van der Waals surface area contributed by atoms with Crippen molar-refractivity contribution in [3.05, 3.63) is 51.3 Å². The van der Waals surface area contributed by atoms with Gasteiger partial charge < -0.3 is 5.32 Å². The minimum Gasteiger partial charge on any atom is -0.317 e. The van der Waals surface area contributed by atoms with Crippen LogP contribution in [0.15, 0.2) is 22.7 Å². The van der Waals surface area contributed by atoms with E-state index in [1.165, 1.54) is 6.07 Å². The van der Waals surface area contributed by atoms with Gasteiger partial charge in [0.15, 0.2) is 11.6 Å². The number of carbonyl (C=O) groups is 1. The van der Waals surface area contributed by atoms with Crippen LogP contribution in [0.3, 0.4) is 0 Å². The van der Waals surface area contributed by atoms with Gasteiger partial charge in [0.25, 0.3) is 5.91 Å². The van der Waals surface area contributed by atoms with Gasteiger partial charge in [-0.1, -0.05) is 22.9 Å². The molecule has 0 aliphatic heterocycles. The lowest BCUT2D eigenvalue weighted by Gasteiger charge is -2.10. The minimum atomic E-state index is -0.855. The Morgan fingerprint density at radius 2 is 1.86 bits per heavy atom. The van der Waals surface area contributed by atoms with Crippen molar-refractivity contribution < 1.29 is 13.6 Å². The number of rotatable bonds is 3. The van der Waals surface area contributed by atoms with Crippen LogP contribution in [0, 0.1) is 18.6 Å². The van der Waals surface area contributed by atoms with Crippen molar-refractivity contribution in [2.45, 2.75) is 20.3 Å². The molecule has 0 aliphatic rings. The molecule has 1 heterocycles. The van der Waals surface area contributed by atoms with Gasteiger partial charge in [-0.3, -0.25) is 4.79 Å². The molecule has 1 aromatic carbocycles. The highest BCUT2D eigenvalue weighted by atomic mass is 79.9. The van der Waals surface area contributed by atoms with Crippen molar-refractivity contribution in [1.82, 2.24) is 10.2 Å². The number of hydrogen-bond donors (Lipinski definition) is 1. The van der Waals surface area contributed by atoms with Crippen LogP contribution in [0.1, 0.15) is 28.7 Å². The summed E-state index contributed by atoms with van der Waals surface area (Å²) in [5.74, 6) is -2.33. The Balaban J connectivity index is 2.37. The Morgan fingerprint density at radius 3 is 2.43 bits per heavy atom. The van der Waals surface area contributed by atoms with Gasteiger partial charge in [0.2, 0.25) is 0 Å². The topological polar surface area (TPSA) is 54.9 Å². The standard InChI is InChI=1S/C14H12BrF2N3O/c1-3-12-9(4-7(2)19-20-12)14(21)18-13-10(16)5-8(15)6-11(13)17/h4-6H,3H2,1-2H3,(H,18,21). The number of hydrogen-bond acceptors (Lipinski definition) is 3. The maximum atomic E-state index is 13.7. The number of nitrogens with zero attached hydrogens (tertiary/aromatic N) is 2. The predicted molar refractivity (Wildman–Crippen MR) is 78.2 cm³/mol. The second-order valence-corrected chi connectivity index (χ2v) is 5.31.